The first-order chi connectivity index (χ1) is 6.56. The van der Waals surface area contributed by atoms with Crippen molar-refractivity contribution in [3.05, 3.63) is 12.3 Å². The van der Waals surface area contributed by atoms with Gasteiger partial charge in [0.2, 0.25) is 0 Å². The van der Waals surface area contributed by atoms with Crippen LogP contribution in [0.15, 0.2) is 12.3 Å². The summed E-state index contributed by atoms with van der Waals surface area (Å²) in [6.45, 7) is 13.9. The van der Waals surface area contributed by atoms with Crippen LogP contribution in [0.3, 0.4) is 0 Å². The van der Waals surface area contributed by atoms with E-state index < -0.39 is 0 Å². The minimum Gasteiger partial charge on any atom is -0.389 e. The fourth-order valence-corrected chi connectivity index (χ4v) is 1.58. The lowest BCUT2D eigenvalue weighted by molar-refractivity contribution is 0.411. The Morgan fingerprint density at radius 3 is 2.36 bits per heavy atom. The van der Waals surface area contributed by atoms with Crippen LogP contribution >= 0.6 is 0 Å². The quantitative estimate of drug-likeness (QED) is 0.621. The normalized spacial score (nSPS) is 12.9. The van der Waals surface area contributed by atoms with Gasteiger partial charge in [-0.3, -0.25) is 0 Å². The van der Waals surface area contributed by atoms with Crippen molar-refractivity contribution in [1.82, 2.24) is 5.32 Å². The summed E-state index contributed by atoms with van der Waals surface area (Å²) in [5.41, 5.74) is 1.09. The fourth-order valence-electron chi connectivity index (χ4n) is 1.58. The Kier molecular flexibility index (Phi) is 7.64. The lowest BCUT2D eigenvalue weighted by Crippen LogP contribution is -2.20. The first-order valence-corrected chi connectivity index (χ1v) is 5.95. The summed E-state index contributed by atoms with van der Waals surface area (Å²) in [5.74, 6) is 1.67. The van der Waals surface area contributed by atoms with Gasteiger partial charge in [-0.1, -0.05) is 46.6 Å². The lowest BCUT2D eigenvalue weighted by atomic mass is 9.96. The van der Waals surface area contributed by atoms with Gasteiger partial charge in [0, 0.05) is 12.2 Å². The molecule has 0 aromatic heterocycles. The van der Waals surface area contributed by atoms with E-state index in [1.807, 2.05) is 6.92 Å². The molecule has 0 fully saturated rings. The summed E-state index contributed by atoms with van der Waals surface area (Å²) in [7, 11) is 0. The fraction of sp³-hybridized carbons (Fsp3) is 0.846. The van der Waals surface area contributed by atoms with Crippen LogP contribution in [0.5, 0.6) is 0 Å². The zero-order chi connectivity index (χ0) is 11.0. The van der Waals surface area contributed by atoms with Crippen LogP contribution in [0.4, 0.5) is 0 Å². The molecule has 0 heterocycles. The van der Waals surface area contributed by atoms with Gasteiger partial charge in [-0.15, -0.1) is 0 Å². The third-order valence-electron chi connectivity index (χ3n) is 2.66. The van der Waals surface area contributed by atoms with E-state index >= 15 is 0 Å². The van der Waals surface area contributed by atoms with E-state index in [9.17, 15) is 0 Å². The van der Waals surface area contributed by atoms with Crippen molar-refractivity contribution in [3.63, 3.8) is 0 Å². The van der Waals surface area contributed by atoms with Gasteiger partial charge in [0.1, 0.15) is 0 Å². The minimum atomic E-state index is 0.824. The summed E-state index contributed by atoms with van der Waals surface area (Å²) < 4.78 is 0. The first-order valence-electron chi connectivity index (χ1n) is 5.95. The highest BCUT2D eigenvalue weighted by molar-refractivity contribution is 4.84. The van der Waals surface area contributed by atoms with E-state index in [1.54, 1.807) is 0 Å². The largest absolute Gasteiger partial charge is 0.389 e. The van der Waals surface area contributed by atoms with Crippen molar-refractivity contribution < 1.29 is 0 Å². The number of allylic oxidation sites excluding steroid dienone is 1. The Labute approximate surface area is 90.0 Å². The summed E-state index contributed by atoms with van der Waals surface area (Å²) in [6.07, 6.45) is 5.37. The topological polar surface area (TPSA) is 12.0 Å². The molecule has 0 spiro atoms. The Hall–Kier alpha value is -0.460. The van der Waals surface area contributed by atoms with Gasteiger partial charge in [-0.2, -0.15) is 0 Å². The molecule has 84 valence electrons. The average molecular weight is 197 g/mol. The molecule has 1 N–H and O–H groups in total. The molecule has 1 unspecified atom stereocenters. The molecule has 0 aromatic rings. The Bertz CT molecular complexity index is 149. The molecule has 0 aliphatic heterocycles. The van der Waals surface area contributed by atoms with Crippen LogP contribution in [0, 0.1) is 11.8 Å². The van der Waals surface area contributed by atoms with Gasteiger partial charge in [0.05, 0.1) is 0 Å². The standard InChI is InChI=1S/C13H27N/c1-6-13(10-14-12(4)5)9-7-8-11(2)3/h11,13-14H,4,6-10H2,1-3,5H3. The highest BCUT2D eigenvalue weighted by Crippen LogP contribution is 2.14. The zero-order valence-corrected chi connectivity index (χ0v) is 10.4. The van der Waals surface area contributed by atoms with Gasteiger partial charge < -0.3 is 5.32 Å². The molecule has 0 aliphatic carbocycles. The van der Waals surface area contributed by atoms with Crippen molar-refractivity contribution in [1.29, 1.82) is 0 Å². The zero-order valence-electron chi connectivity index (χ0n) is 10.4. The van der Waals surface area contributed by atoms with Crippen LogP contribution in [0.25, 0.3) is 0 Å². The number of rotatable bonds is 8. The third-order valence-corrected chi connectivity index (χ3v) is 2.66. The van der Waals surface area contributed by atoms with Crippen molar-refractivity contribution >= 4 is 0 Å². The lowest BCUT2D eigenvalue weighted by Gasteiger charge is -2.16. The highest BCUT2D eigenvalue weighted by Gasteiger charge is 2.05. The molecule has 1 nitrogen and oxygen atoms in total. The van der Waals surface area contributed by atoms with Gasteiger partial charge in [0.15, 0.2) is 0 Å². The predicted octanol–water partition coefficient (Wildman–Crippen LogP) is 3.96. The van der Waals surface area contributed by atoms with Crippen molar-refractivity contribution in [2.75, 3.05) is 6.54 Å². The van der Waals surface area contributed by atoms with E-state index in [2.05, 4.69) is 32.7 Å². The van der Waals surface area contributed by atoms with Crippen LogP contribution in [0.2, 0.25) is 0 Å². The molecule has 0 saturated heterocycles. The van der Waals surface area contributed by atoms with Gasteiger partial charge >= 0.3 is 0 Å². The van der Waals surface area contributed by atoms with Gasteiger partial charge in [0.25, 0.3) is 0 Å². The van der Waals surface area contributed by atoms with Crippen molar-refractivity contribution in [3.8, 4) is 0 Å². The maximum atomic E-state index is 3.86. The molecule has 0 aromatic carbocycles. The predicted molar refractivity (Wildman–Crippen MR) is 65.3 cm³/mol. The molecule has 1 heteroatoms. The van der Waals surface area contributed by atoms with Gasteiger partial charge in [-0.05, 0) is 25.2 Å². The molecule has 1 atom stereocenters. The summed E-state index contributed by atoms with van der Waals surface area (Å²) in [4.78, 5) is 0. The second kappa shape index (κ2) is 7.90. The number of hydrogen-bond acceptors (Lipinski definition) is 1. The van der Waals surface area contributed by atoms with Crippen LogP contribution in [0.1, 0.15) is 53.4 Å². The highest BCUT2D eigenvalue weighted by atomic mass is 14.9. The third kappa shape index (κ3) is 8.15. The molecular formula is C13H27N. The molecule has 0 rings (SSSR count). The van der Waals surface area contributed by atoms with E-state index in [0.717, 1.165) is 24.1 Å². The van der Waals surface area contributed by atoms with Crippen molar-refractivity contribution in [2.24, 2.45) is 11.8 Å². The van der Waals surface area contributed by atoms with Gasteiger partial charge in [-0.25, -0.2) is 0 Å². The smallest absolute Gasteiger partial charge is 0.0171 e. The molecule has 0 saturated carbocycles. The van der Waals surface area contributed by atoms with Crippen LogP contribution < -0.4 is 5.32 Å². The molecule has 14 heavy (non-hydrogen) atoms. The van der Waals surface area contributed by atoms with E-state index in [0.29, 0.717) is 0 Å². The van der Waals surface area contributed by atoms with E-state index in [-0.39, 0.29) is 0 Å². The second-order valence-electron chi connectivity index (χ2n) is 4.76. The Balaban J connectivity index is 3.52. The summed E-state index contributed by atoms with van der Waals surface area (Å²) in [5, 5.41) is 3.34. The molecular weight excluding hydrogens is 170 g/mol. The maximum Gasteiger partial charge on any atom is 0.0171 e. The van der Waals surface area contributed by atoms with Crippen molar-refractivity contribution in [2.45, 2.75) is 53.4 Å². The van der Waals surface area contributed by atoms with Crippen LogP contribution in [-0.4, -0.2) is 6.54 Å². The SMILES string of the molecule is C=C(C)NCC(CC)CCCC(C)C. The minimum absolute atomic E-state index is 0.824. The molecule has 0 amide bonds. The molecule has 0 aliphatic rings. The first kappa shape index (κ1) is 13.5. The Morgan fingerprint density at radius 1 is 1.29 bits per heavy atom. The van der Waals surface area contributed by atoms with Crippen LogP contribution in [-0.2, 0) is 0 Å². The second-order valence-corrected chi connectivity index (χ2v) is 4.76. The maximum absolute atomic E-state index is 3.86. The summed E-state index contributed by atoms with van der Waals surface area (Å²) >= 11 is 0. The summed E-state index contributed by atoms with van der Waals surface area (Å²) in [6, 6.07) is 0. The monoisotopic (exact) mass is 197 g/mol. The number of hydrogen-bond donors (Lipinski definition) is 1. The Morgan fingerprint density at radius 2 is 1.93 bits per heavy atom. The van der Waals surface area contributed by atoms with E-state index in [1.165, 1.54) is 25.7 Å². The number of nitrogens with one attached hydrogen (secondary N) is 1. The molecule has 0 radical (unpaired) electrons. The average Bonchev–Trinajstić information content (AvgIpc) is 2.10. The molecule has 0 bridgehead atoms. The van der Waals surface area contributed by atoms with E-state index in [4.69, 9.17) is 0 Å².